The van der Waals surface area contributed by atoms with Gasteiger partial charge >= 0.3 is 5.97 Å². The summed E-state index contributed by atoms with van der Waals surface area (Å²) in [6.07, 6.45) is 6.26. The first-order valence-electron chi connectivity index (χ1n) is 7.50. The molecule has 2 rings (SSSR count). The number of ether oxygens (including phenoxy) is 1. The minimum Gasteiger partial charge on any atom is -0.468 e. The van der Waals surface area contributed by atoms with Crippen LogP contribution in [-0.4, -0.2) is 67.7 Å². The maximum absolute atomic E-state index is 11.2. The summed E-state index contributed by atoms with van der Waals surface area (Å²) in [5.41, 5.74) is 5.76. The van der Waals surface area contributed by atoms with Gasteiger partial charge in [-0.15, -0.1) is 0 Å². The number of esters is 1. The predicted molar refractivity (Wildman–Crippen MR) is 74.9 cm³/mol. The van der Waals surface area contributed by atoms with E-state index in [1.54, 1.807) is 0 Å². The van der Waals surface area contributed by atoms with Gasteiger partial charge in [0, 0.05) is 38.8 Å². The molecule has 0 aromatic rings. The number of nitrogens with two attached hydrogens (primary N) is 1. The Morgan fingerprint density at radius 3 is 2.47 bits per heavy atom. The van der Waals surface area contributed by atoms with Crippen LogP contribution in [0.15, 0.2) is 0 Å². The second kappa shape index (κ2) is 7.22. The molecule has 1 heterocycles. The molecule has 5 heteroatoms. The average molecular weight is 269 g/mol. The molecule has 0 aromatic carbocycles. The second-order valence-corrected chi connectivity index (χ2v) is 5.73. The van der Waals surface area contributed by atoms with Crippen molar-refractivity contribution in [2.24, 2.45) is 5.73 Å². The van der Waals surface area contributed by atoms with Gasteiger partial charge in [0.15, 0.2) is 0 Å². The summed E-state index contributed by atoms with van der Waals surface area (Å²) in [6, 6.07) is 0.359. The minimum absolute atomic E-state index is 0.301. The number of rotatable bonds is 5. The lowest BCUT2D eigenvalue weighted by molar-refractivity contribution is -0.142. The van der Waals surface area contributed by atoms with Crippen LogP contribution in [0.25, 0.3) is 0 Å². The van der Waals surface area contributed by atoms with Crippen LogP contribution in [0.3, 0.4) is 0 Å². The van der Waals surface area contributed by atoms with Crippen molar-refractivity contribution in [3.63, 3.8) is 0 Å². The van der Waals surface area contributed by atoms with Crippen LogP contribution >= 0.6 is 0 Å². The van der Waals surface area contributed by atoms with Gasteiger partial charge in [-0.1, -0.05) is 12.8 Å². The molecular formula is C14H27N3O2. The van der Waals surface area contributed by atoms with Crippen LogP contribution in [0.2, 0.25) is 0 Å². The van der Waals surface area contributed by atoms with Crippen molar-refractivity contribution in [1.82, 2.24) is 9.80 Å². The Morgan fingerprint density at radius 2 is 1.89 bits per heavy atom. The molecule has 2 N–H and O–H groups in total. The number of carbonyl (C=O) groups excluding carboxylic acids is 1. The number of hydrogen-bond donors (Lipinski definition) is 1. The van der Waals surface area contributed by atoms with E-state index < -0.39 is 6.04 Å². The molecule has 1 aliphatic carbocycles. The van der Waals surface area contributed by atoms with Crippen LogP contribution in [-0.2, 0) is 9.53 Å². The highest BCUT2D eigenvalue weighted by Gasteiger charge is 2.26. The maximum Gasteiger partial charge on any atom is 0.322 e. The van der Waals surface area contributed by atoms with Gasteiger partial charge in [-0.2, -0.15) is 0 Å². The fourth-order valence-electron chi connectivity index (χ4n) is 3.21. The standard InChI is InChI=1S/C14H27N3O2/c1-19-14(18)13(15)6-7-16-8-10-17(11-9-16)12-4-2-3-5-12/h12-13H,2-11,15H2,1H3. The second-order valence-electron chi connectivity index (χ2n) is 5.73. The zero-order chi connectivity index (χ0) is 13.7. The van der Waals surface area contributed by atoms with E-state index in [0.29, 0.717) is 6.42 Å². The Labute approximate surface area is 116 Å². The monoisotopic (exact) mass is 269 g/mol. The van der Waals surface area contributed by atoms with E-state index >= 15 is 0 Å². The molecule has 1 saturated carbocycles. The molecule has 1 saturated heterocycles. The number of hydrogen-bond acceptors (Lipinski definition) is 5. The molecule has 0 aromatic heterocycles. The van der Waals surface area contributed by atoms with Crippen LogP contribution < -0.4 is 5.73 Å². The van der Waals surface area contributed by atoms with E-state index in [9.17, 15) is 4.79 Å². The summed E-state index contributed by atoms with van der Waals surface area (Å²) in [5.74, 6) is -0.301. The normalized spacial score (nSPS) is 24.5. The average Bonchev–Trinajstić information content (AvgIpc) is 2.98. The molecule has 19 heavy (non-hydrogen) atoms. The summed E-state index contributed by atoms with van der Waals surface area (Å²) in [4.78, 5) is 16.3. The molecule has 1 atom stereocenters. The lowest BCUT2D eigenvalue weighted by Gasteiger charge is -2.38. The van der Waals surface area contributed by atoms with Gasteiger partial charge in [-0.05, 0) is 19.3 Å². The highest BCUT2D eigenvalue weighted by molar-refractivity contribution is 5.75. The molecular weight excluding hydrogens is 242 g/mol. The van der Waals surface area contributed by atoms with Crippen molar-refractivity contribution in [2.75, 3.05) is 39.8 Å². The predicted octanol–water partition coefficient (Wildman–Crippen LogP) is 0.437. The van der Waals surface area contributed by atoms with Gasteiger partial charge in [0.1, 0.15) is 6.04 Å². The van der Waals surface area contributed by atoms with E-state index in [1.165, 1.54) is 32.8 Å². The molecule has 1 unspecified atom stereocenters. The Bertz CT molecular complexity index is 284. The lowest BCUT2D eigenvalue weighted by Crippen LogP contribution is -2.50. The van der Waals surface area contributed by atoms with Gasteiger partial charge in [0.05, 0.1) is 7.11 Å². The van der Waals surface area contributed by atoms with Gasteiger partial charge in [0.25, 0.3) is 0 Å². The molecule has 110 valence electrons. The van der Waals surface area contributed by atoms with Crippen LogP contribution in [0.4, 0.5) is 0 Å². The number of nitrogens with zero attached hydrogens (tertiary/aromatic N) is 2. The summed E-state index contributed by atoms with van der Waals surface area (Å²) in [6.45, 7) is 5.43. The summed E-state index contributed by atoms with van der Waals surface area (Å²) in [7, 11) is 1.39. The molecule has 2 fully saturated rings. The zero-order valence-corrected chi connectivity index (χ0v) is 12.0. The molecule has 0 radical (unpaired) electrons. The van der Waals surface area contributed by atoms with Gasteiger partial charge in [-0.25, -0.2) is 0 Å². The first kappa shape index (κ1) is 14.8. The molecule has 0 amide bonds. The fourth-order valence-corrected chi connectivity index (χ4v) is 3.21. The highest BCUT2D eigenvalue weighted by atomic mass is 16.5. The Hall–Kier alpha value is -0.650. The van der Waals surface area contributed by atoms with Crippen molar-refractivity contribution in [3.05, 3.63) is 0 Å². The van der Waals surface area contributed by atoms with E-state index in [0.717, 1.165) is 38.8 Å². The van der Waals surface area contributed by atoms with E-state index in [2.05, 4.69) is 14.5 Å². The van der Waals surface area contributed by atoms with E-state index in [-0.39, 0.29) is 5.97 Å². The van der Waals surface area contributed by atoms with E-state index in [4.69, 9.17) is 5.73 Å². The maximum atomic E-state index is 11.2. The van der Waals surface area contributed by atoms with Crippen molar-refractivity contribution >= 4 is 5.97 Å². The van der Waals surface area contributed by atoms with Gasteiger partial charge < -0.3 is 15.4 Å². The molecule has 2 aliphatic rings. The number of carbonyl (C=O) groups is 1. The third-order valence-corrected chi connectivity index (χ3v) is 4.51. The summed E-state index contributed by atoms with van der Waals surface area (Å²) < 4.78 is 4.65. The van der Waals surface area contributed by atoms with Crippen molar-refractivity contribution in [1.29, 1.82) is 0 Å². The number of piperazine rings is 1. The van der Waals surface area contributed by atoms with Gasteiger partial charge in [-0.3, -0.25) is 9.69 Å². The summed E-state index contributed by atoms with van der Waals surface area (Å²) in [5, 5.41) is 0. The van der Waals surface area contributed by atoms with Crippen LogP contribution in [0, 0.1) is 0 Å². The first-order valence-corrected chi connectivity index (χ1v) is 7.50. The SMILES string of the molecule is COC(=O)C(N)CCN1CCN(C2CCCC2)CC1. The topological polar surface area (TPSA) is 58.8 Å². The number of methoxy groups -OCH3 is 1. The quantitative estimate of drug-likeness (QED) is 0.734. The van der Waals surface area contributed by atoms with Crippen molar-refractivity contribution in [2.45, 2.75) is 44.2 Å². The Kier molecular flexibility index (Phi) is 5.60. The largest absolute Gasteiger partial charge is 0.468 e. The van der Waals surface area contributed by atoms with E-state index in [1.807, 2.05) is 0 Å². The van der Waals surface area contributed by atoms with Gasteiger partial charge in [0.2, 0.25) is 0 Å². The third kappa shape index (κ3) is 4.16. The molecule has 0 spiro atoms. The smallest absolute Gasteiger partial charge is 0.322 e. The highest BCUT2D eigenvalue weighted by Crippen LogP contribution is 2.24. The zero-order valence-electron chi connectivity index (χ0n) is 12.0. The minimum atomic E-state index is -0.474. The van der Waals surface area contributed by atoms with Crippen LogP contribution in [0.5, 0.6) is 0 Å². The molecule has 5 nitrogen and oxygen atoms in total. The Balaban J connectivity index is 1.64. The first-order chi connectivity index (χ1) is 9.20. The van der Waals surface area contributed by atoms with Crippen LogP contribution in [0.1, 0.15) is 32.1 Å². The molecule has 0 bridgehead atoms. The molecule has 1 aliphatic heterocycles. The summed E-state index contributed by atoms with van der Waals surface area (Å²) >= 11 is 0. The third-order valence-electron chi connectivity index (χ3n) is 4.51. The lowest BCUT2D eigenvalue weighted by atomic mass is 10.1. The van der Waals surface area contributed by atoms with Crippen molar-refractivity contribution < 1.29 is 9.53 Å². The van der Waals surface area contributed by atoms with Crippen molar-refractivity contribution in [3.8, 4) is 0 Å². The fraction of sp³-hybridized carbons (Fsp3) is 0.929. The Morgan fingerprint density at radius 1 is 1.26 bits per heavy atom.